The average Bonchev–Trinajstić information content (AvgIpc) is 2.82. The topological polar surface area (TPSA) is 64.9 Å². The molecule has 0 saturated carbocycles. The molecule has 100 valence electrons. The Bertz CT molecular complexity index is 750. The lowest BCUT2D eigenvalue weighted by atomic mass is 9.99. The van der Waals surface area contributed by atoms with Crippen LogP contribution in [0.15, 0.2) is 47.1 Å². The molecule has 0 bridgehead atoms. The normalized spacial score (nSPS) is 10.7. The number of halogens is 1. The molecule has 0 fully saturated rings. The van der Waals surface area contributed by atoms with Crippen LogP contribution in [0.1, 0.15) is 5.56 Å². The second-order valence-corrected chi connectivity index (χ2v) is 4.45. The summed E-state index contributed by atoms with van der Waals surface area (Å²) in [5.41, 5.74) is 9.05. The van der Waals surface area contributed by atoms with Crippen molar-refractivity contribution in [3.8, 4) is 22.6 Å². The fourth-order valence-electron chi connectivity index (χ4n) is 2.10. The Morgan fingerprint density at radius 1 is 1.15 bits per heavy atom. The van der Waals surface area contributed by atoms with E-state index >= 15 is 0 Å². The fraction of sp³-hybridized carbons (Fsp3) is 0.0667. The Hall–Kier alpha value is -2.69. The number of rotatable bonds is 2. The minimum absolute atomic E-state index is 0.292. The van der Waals surface area contributed by atoms with Gasteiger partial charge < -0.3 is 10.3 Å². The van der Waals surface area contributed by atoms with Crippen LogP contribution in [-0.2, 0) is 0 Å². The maximum Gasteiger partial charge on any atom is 0.195 e. The highest BCUT2D eigenvalue weighted by molar-refractivity contribution is 5.86. The molecule has 0 aliphatic rings. The van der Waals surface area contributed by atoms with Gasteiger partial charge in [-0.3, -0.25) is 0 Å². The largest absolute Gasteiger partial charge is 0.380 e. The van der Waals surface area contributed by atoms with Crippen molar-refractivity contribution in [3.63, 3.8) is 0 Å². The van der Waals surface area contributed by atoms with Crippen LogP contribution in [0.2, 0.25) is 0 Å². The van der Waals surface area contributed by atoms with Gasteiger partial charge in [-0.05, 0) is 30.2 Å². The van der Waals surface area contributed by atoms with Crippen LogP contribution in [0, 0.1) is 12.7 Å². The van der Waals surface area contributed by atoms with E-state index in [0.717, 1.165) is 17.3 Å². The minimum atomic E-state index is -0.404. The minimum Gasteiger partial charge on any atom is -0.380 e. The highest BCUT2D eigenvalue weighted by Gasteiger charge is 2.19. The molecule has 0 aliphatic heterocycles. The maximum absolute atomic E-state index is 13.0. The van der Waals surface area contributed by atoms with Gasteiger partial charge in [0.25, 0.3) is 0 Å². The first kappa shape index (κ1) is 12.3. The van der Waals surface area contributed by atoms with Crippen molar-refractivity contribution < 1.29 is 8.91 Å². The summed E-state index contributed by atoms with van der Waals surface area (Å²) in [5, 5.41) is 3.80. The molecule has 2 N–H and O–H groups in total. The smallest absolute Gasteiger partial charge is 0.195 e. The van der Waals surface area contributed by atoms with E-state index in [2.05, 4.69) is 10.1 Å². The number of nitrogen functional groups attached to an aromatic ring is 1. The Balaban J connectivity index is 2.20. The molecule has 0 amide bonds. The summed E-state index contributed by atoms with van der Waals surface area (Å²) in [6, 6.07) is 10.6. The number of benzene rings is 1. The van der Waals surface area contributed by atoms with Gasteiger partial charge in [-0.25, -0.2) is 9.37 Å². The summed E-state index contributed by atoms with van der Waals surface area (Å²) in [6.45, 7) is 1.98. The van der Waals surface area contributed by atoms with E-state index in [0.29, 0.717) is 22.8 Å². The quantitative estimate of drug-likeness (QED) is 0.774. The molecular weight excluding hydrogens is 257 g/mol. The molecule has 3 rings (SSSR count). The molecule has 0 atom stereocenters. The molecule has 2 heterocycles. The number of anilines is 1. The lowest BCUT2D eigenvalue weighted by Gasteiger charge is -2.05. The van der Waals surface area contributed by atoms with Crippen LogP contribution in [-0.4, -0.2) is 10.1 Å². The molecule has 2 aromatic heterocycles. The number of nitrogens with two attached hydrogens (primary N) is 1. The lowest BCUT2D eigenvalue weighted by Crippen LogP contribution is -1.92. The predicted molar refractivity (Wildman–Crippen MR) is 74.3 cm³/mol. The second kappa shape index (κ2) is 4.77. The van der Waals surface area contributed by atoms with Crippen molar-refractivity contribution in [1.82, 2.24) is 10.1 Å². The van der Waals surface area contributed by atoms with Crippen LogP contribution < -0.4 is 5.73 Å². The van der Waals surface area contributed by atoms with Gasteiger partial charge in [-0.15, -0.1) is 0 Å². The standard InChI is InChI=1S/C15H12FN3O/c1-9-4-2-3-5-11(9)13-14(20-19-15(13)17)12-7-6-10(16)8-18-12/h2-8H,1H3,(H2,17,19). The summed E-state index contributed by atoms with van der Waals surface area (Å²) in [5.74, 6) is 0.330. The van der Waals surface area contributed by atoms with Crippen molar-refractivity contribution in [2.75, 3.05) is 5.73 Å². The molecule has 1 aromatic carbocycles. The number of hydrogen-bond acceptors (Lipinski definition) is 4. The van der Waals surface area contributed by atoms with Crippen molar-refractivity contribution in [2.24, 2.45) is 0 Å². The number of aryl methyl sites for hydroxylation is 1. The van der Waals surface area contributed by atoms with E-state index in [-0.39, 0.29) is 0 Å². The Morgan fingerprint density at radius 2 is 1.95 bits per heavy atom. The van der Waals surface area contributed by atoms with Crippen molar-refractivity contribution >= 4 is 5.82 Å². The Kier molecular flexibility index (Phi) is 2.95. The summed E-state index contributed by atoms with van der Waals surface area (Å²) in [6.07, 6.45) is 1.13. The van der Waals surface area contributed by atoms with Crippen LogP contribution in [0.5, 0.6) is 0 Å². The van der Waals surface area contributed by atoms with Gasteiger partial charge in [-0.1, -0.05) is 29.4 Å². The first-order valence-corrected chi connectivity index (χ1v) is 6.10. The zero-order valence-corrected chi connectivity index (χ0v) is 10.8. The van der Waals surface area contributed by atoms with Crippen LogP contribution >= 0.6 is 0 Å². The first-order valence-electron chi connectivity index (χ1n) is 6.10. The third-order valence-electron chi connectivity index (χ3n) is 3.09. The van der Waals surface area contributed by atoms with Crippen LogP contribution in [0.4, 0.5) is 10.2 Å². The van der Waals surface area contributed by atoms with Crippen molar-refractivity contribution in [2.45, 2.75) is 6.92 Å². The van der Waals surface area contributed by atoms with E-state index in [9.17, 15) is 4.39 Å². The van der Waals surface area contributed by atoms with E-state index in [4.69, 9.17) is 10.3 Å². The van der Waals surface area contributed by atoms with Crippen molar-refractivity contribution in [1.29, 1.82) is 0 Å². The number of pyridine rings is 1. The second-order valence-electron chi connectivity index (χ2n) is 4.45. The average molecular weight is 269 g/mol. The van der Waals surface area contributed by atoms with Crippen LogP contribution in [0.3, 0.4) is 0 Å². The van der Waals surface area contributed by atoms with E-state index in [1.807, 2.05) is 31.2 Å². The van der Waals surface area contributed by atoms with Gasteiger partial charge in [0.05, 0.1) is 11.8 Å². The SMILES string of the molecule is Cc1ccccc1-c1c(N)noc1-c1ccc(F)cn1. The van der Waals surface area contributed by atoms with Gasteiger partial charge in [0.15, 0.2) is 11.6 Å². The van der Waals surface area contributed by atoms with Gasteiger partial charge in [-0.2, -0.15) is 0 Å². The Labute approximate surface area is 115 Å². The molecule has 5 heteroatoms. The monoisotopic (exact) mass is 269 g/mol. The van der Waals surface area contributed by atoms with Crippen molar-refractivity contribution in [3.05, 3.63) is 54.0 Å². The number of aromatic nitrogens is 2. The van der Waals surface area contributed by atoms with Gasteiger partial charge >= 0.3 is 0 Å². The van der Waals surface area contributed by atoms with Crippen LogP contribution in [0.25, 0.3) is 22.6 Å². The molecular formula is C15H12FN3O. The number of nitrogens with zero attached hydrogens (tertiary/aromatic N) is 2. The van der Waals surface area contributed by atoms with E-state index < -0.39 is 5.82 Å². The molecule has 0 radical (unpaired) electrons. The summed E-state index contributed by atoms with van der Waals surface area (Å²) >= 11 is 0. The fourth-order valence-corrected chi connectivity index (χ4v) is 2.10. The summed E-state index contributed by atoms with van der Waals surface area (Å²) in [4.78, 5) is 4.01. The lowest BCUT2D eigenvalue weighted by molar-refractivity contribution is 0.434. The van der Waals surface area contributed by atoms with Gasteiger partial charge in [0.1, 0.15) is 11.5 Å². The molecule has 0 saturated heterocycles. The van der Waals surface area contributed by atoms with Gasteiger partial charge in [0.2, 0.25) is 0 Å². The highest BCUT2D eigenvalue weighted by Crippen LogP contribution is 2.37. The number of hydrogen-bond donors (Lipinski definition) is 1. The maximum atomic E-state index is 13.0. The van der Waals surface area contributed by atoms with E-state index in [1.54, 1.807) is 0 Å². The molecule has 0 spiro atoms. The molecule has 0 unspecified atom stereocenters. The summed E-state index contributed by atoms with van der Waals surface area (Å²) < 4.78 is 18.2. The molecule has 4 nitrogen and oxygen atoms in total. The highest BCUT2D eigenvalue weighted by atomic mass is 19.1. The predicted octanol–water partition coefficient (Wildman–Crippen LogP) is 3.43. The zero-order valence-electron chi connectivity index (χ0n) is 10.8. The molecule has 0 aliphatic carbocycles. The van der Waals surface area contributed by atoms with Gasteiger partial charge in [0, 0.05) is 0 Å². The summed E-state index contributed by atoms with van der Waals surface area (Å²) in [7, 11) is 0. The van der Waals surface area contributed by atoms with E-state index in [1.165, 1.54) is 12.1 Å². The third-order valence-corrected chi connectivity index (χ3v) is 3.09. The molecule has 3 aromatic rings. The Morgan fingerprint density at radius 3 is 2.65 bits per heavy atom. The first-order chi connectivity index (χ1) is 9.66. The third kappa shape index (κ3) is 2.03. The zero-order chi connectivity index (χ0) is 14.1. The molecule has 20 heavy (non-hydrogen) atoms.